The summed E-state index contributed by atoms with van der Waals surface area (Å²) in [5, 5.41) is 3.29. The van der Waals surface area contributed by atoms with Gasteiger partial charge in [0.05, 0.1) is 0 Å². The number of para-hydroxylation sites is 1. The summed E-state index contributed by atoms with van der Waals surface area (Å²) in [4.78, 5) is 12.1. The molecule has 0 saturated heterocycles. The van der Waals surface area contributed by atoms with Gasteiger partial charge < -0.3 is 10.1 Å². The number of esters is 1. The Morgan fingerprint density at radius 1 is 1.33 bits per heavy atom. The lowest BCUT2D eigenvalue weighted by Gasteiger charge is -2.33. The van der Waals surface area contributed by atoms with Gasteiger partial charge >= 0.3 is 5.97 Å². The second kappa shape index (κ2) is 4.63. The fraction of sp³-hybridized carbons (Fsp3) is 0.533. The predicted octanol–water partition coefficient (Wildman–Crippen LogP) is 3.00. The molecule has 3 nitrogen and oxygen atoms in total. The van der Waals surface area contributed by atoms with Crippen LogP contribution in [0, 0.1) is 5.92 Å². The fourth-order valence-corrected chi connectivity index (χ4v) is 2.27. The highest BCUT2D eigenvalue weighted by Gasteiger charge is 2.33. The summed E-state index contributed by atoms with van der Waals surface area (Å²) in [6.45, 7) is 7.77. The molecule has 18 heavy (non-hydrogen) atoms. The first-order chi connectivity index (χ1) is 8.37. The minimum atomic E-state index is -0.435. The molecule has 0 aromatic heterocycles. The van der Waals surface area contributed by atoms with Crippen LogP contribution in [-0.4, -0.2) is 17.6 Å². The van der Waals surface area contributed by atoms with Gasteiger partial charge in [-0.05, 0) is 44.7 Å². The lowest BCUT2D eigenvalue weighted by atomic mass is 9.88. The quantitative estimate of drug-likeness (QED) is 0.775. The van der Waals surface area contributed by atoms with Crippen molar-refractivity contribution in [2.24, 2.45) is 5.92 Å². The average Bonchev–Trinajstić information content (AvgIpc) is 2.25. The van der Waals surface area contributed by atoms with Gasteiger partial charge in [-0.2, -0.15) is 0 Å². The van der Waals surface area contributed by atoms with Crippen LogP contribution in [0.5, 0.6) is 0 Å². The highest BCUT2D eigenvalue weighted by Crippen LogP contribution is 2.29. The first-order valence-electron chi connectivity index (χ1n) is 6.44. The third-order valence-corrected chi connectivity index (χ3v) is 3.10. The van der Waals surface area contributed by atoms with Gasteiger partial charge in [-0.25, -0.2) is 4.79 Å². The number of rotatable bonds is 1. The van der Waals surface area contributed by atoms with Crippen molar-refractivity contribution in [3.63, 3.8) is 0 Å². The molecule has 1 heterocycles. The smallest absolute Gasteiger partial charge is 0.329 e. The zero-order chi connectivity index (χ0) is 13.3. The molecule has 1 aliphatic heterocycles. The van der Waals surface area contributed by atoms with E-state index in [1.807, 2.05) is 39.0 Å². The Balaban J connectivity index is 2.14. The van der Waals surface area contributed by atoms with Crippen LogP contribution < -0.4 is 5.32 Å². The summed E-state index contributed by atoms with van der Waals surface area (Å²) in [6.07, 6.45) is 0.910. The molecule has 98 valence electrons. The van der Waals surface area contributed by atoms with Crippen molar-refractivity contribution in [3.8, 4) is 0 Å². The number of nitrogens with one attached hydrogen (secondary N) is 1. The summed E-state index contributed by atoms with van der Waals surface area (Å²) in [5.41, 5.74) is 1.88. The molecule has 0 fully saturated rings. The maximum absolute atomic E-state index is 12.1. The molecule has 2 rings (SSSR count). The van der Waals surface area contributed by atoms with E-state index >= 15 is 0 Å². The van der Waals surface area contributed by atoms with Crippen molar-refractivity contribution in [2.45, 2.75) is 45.8 Å². The average molecular weight is 247 g/mol. The standard InChI is InChI=1S/C15H21NO2/c1-10-9-11-7-5-6-8-12(11)16-13(10)14(17)18-15(2,3)4/h5-8,10,13,16H,9H2,1-4H3/t10-,13+/m1/s1. The number of hydrogen-bond acceptors (Lipinski definition) is 3. The van der Waals surface area contributed by atoms with Crippen LogP contribution in [0.15, 0.2) is 24.3 Å². The molecular weight excluding hydrogens is 226 g/mol. The number of benzene rings is 1. The molecule has 0 amide bonds. The third kappa shape index (κ3) is 2.84. The topological polar surface area (TPSA) is 38.3 Å². The van der Waals surface area contributed by atoms with E-state index < -0.39 is 5.60 Å². The molecule has 0 bridgehead atoms. The SMILES string of the molecule is C[C@@H]1Cc2ccccc2N[C@@H]1C(=O)OC(C)(C)C. The summed E-state index contributed by atoms with van der Waals surface area (Å²) < 4.78 is 5.46. The zero-order valence-corrected chi connectivity index (χ0v) is 11.5. The van der Waals surface area contributed by atoms with Crippen LogP contribution in [0.3, 0.4) is 0 Å². The Morgan fingerprint density at radius 2 is 2.00 bits per heavy atom. The molecule has 0 saturated carbocycles. The normalized spacial score (nSPS) is 22.9. The summed E-state index contributed by atoms with van der Waals surface area (Å²) in [6, 6.07) is 7.87. The van der Waals surface area contributed by atoms with Crippen LogP contribution >= 0.6 is 0 Å². The predicted molar refractivity (Wildman–Crippen MR) is 72.6 cm³/mol. The minimum Gasteiger partial charge on any atom is -0.458 e. The highest BCUT2D eigenvalue weighted by molar-refractivity contribution is 5.81. The number of carbonyl (C=O) groups excluding carboxylic acids is 1. The van der Waals surface area contributed by atoms with Crippen molar-refractivity contribution in [3.05, 3.63) is 29.8 Å². The molecular formula is C15H21NO2. The number of fused-ring (bicyclic) bond motifs is 1. The van der Waals surface area contributed by atoms with Gasteiger partial charge in [0.25, 0.3) is 0 Å². The van der Waals surface area contributed by atoms with Crippen molar-refractivity contribution in [2.75, 3.05) is 5.32 Å². The van der Waals surface area contributed by atoms with E-state index in [1.165, 1.54) is 5.56 Å². The van der Waals surface area contributed by atoms with E-state index in [4.69, 9.17) is 4.74 Å². The first-order valence-corrected chi connectivity index (χ1v) is 6.44. The van der Waals surface area contributed by atoms with E-state index in [1.54, 1.807) is 0 Å². The van der Waals surface area contributed by atoms with Gasteiger partial charge in [0, 0.05) is 5.69 Å². The molecule has 0 aliphatic carbocycles. The van der Waals surface area contributed by atoms with Crippen molar-refractivity contribution < 1.29 is 9.53 Å². The fourth-order valence-electron chi connectivity index (χ4n) is 2.27. The Morgan fingerprint density at radius 3 is 2.67 bits per heavy atom. The minimum absolute atomic E-state index is 0.162. The number of carbonyl (C=O) groups is 1. The van der Waals surface area contributed by atoms with Crippen LogP contribution in [0.25, 0.3) is 0 Å². The number of anilines is 1. The van der Waals surface area contributed by atoms with Crippen LogP contribution in [-0.2, 0) is 16.0 Å². The second-order valence-electron chi connectivity index (χ2n) is 5.99. The van der Waals surface area contributed by atoms with Gasteiger partial charge in [-0.15, -0.1) is 0 Å². The Bertz CT molecular complexity index is 448. The summed E-state index contributed by atoms with van der Waals surface area (Å²) >= 11 is 0. The van der Waals surface area contributed by atoms with Gasteiger partial charge in [0.15, 0.2) is 0 Å². The highest BCUT2D eigenvalue weighted by atomic mass is 16.6. The van der Waals surface area contributed by atoms with Gasteiger partial charge in [-0.3, -0.25) is 0 Å². The summed E-state index contributed by atoms with van der Waals surface area (Å²) in [5.74, 6) is 0.0826. The maximum atomic E-state index is 12.1. The van der Waals surface area contributed by atoms with Crippen LogP contribution in [0.2, 0.25) is 0 Å². The number of ether oxygens (including phenoxy) is 1. The third-order valence-electron chi connectivity index (χ3n) is 3.10. The zero-order valence-electron chi connectivity index (χ0n) is 11.5. The molecule has 1 aliphatic rings. The molecule has 0 spiro atoms. The largest absolute Gasteiger partial charge is 0.458 e. The monoisotopic (exact) mass is 247 g/mol. The van der Waals surface area contributed by atoms with Crippen molar-refractivity contribution in [1.82, 2.24) is 0 Å². The van der Waals surface area contributed by atoms with Crippen molar-refractivity contribution in [1.29, 1.82) is 0 Å². The second-order valence-corrected chi connectivity index (χ2v) is 5.99. The molecule has 3 heteroatoms. The first kappa shape index (κ1) is 12.9. The van der Waals surface area contributed by atoms with Gasteiger partial charge in [-0.1, -0.05) is 25.1 Å². The number of hydrogen-bond donors (Lipinski definition) is 1. The van der Waals surface area contributed by atoms with Gasteiger partial charge in [0.1, 0.15) is 11.6 Å². The Hall–Kier alpha value is -1.51. The molecule has 1 aromatic rings. The molecule has 1 N–H and O–H groups in total. The Labute approximate surface area is 109 Å². The van der Waals surface area contributed by atoms with E-state index in [0.29, 0.717) is 0 Å². The molecule has 0 radical (unpaired) electrons. The molecule has 1 aromatic carbocycles. The van der Waals surface area contributed by atoms with Crippen molar-refractivity contribution >= 4 is 11.7 Å². The lowest BCUT2D eigenvalue weighted by molar-refractivity contribution is -0.157. The van der Waals surface area contributed by atoms with Gasteiger partial charge in [0.2, 0.25) is 0 Å². The lowest BCUT2D eigenvalue weighted by Crippen LogP contribution is -2.43. The Kier molecular flexibility index (Phi) is 3.33. The summed E-state index contributed by atoms with van der Waals surface area (Å²) in [7, 11) is 0. The van der Waals surface area contributed by atoms with E-state index in [0.717, 1.165) is 12.1 Å². The van der Waals surface area contributed by atoms with E-state index in [-0.39, 0.29) is 17.9 Å². The van der Waals surface area contributed by atoms with E-state index in [2.05, 4.69) is 18.3 Å². The van der Waals surface area contributed by atoms with Crippen LogP contribution in [0.4, 0.5) is 5.69 Å². The van der Waals surface area contributed by atoms with Crippen LogP contribution in [0.1, 0.15) is 33.3 Å². The maximum Gasteiger partial charge on any atom is 0.329 e. The molecule has 0 unspecified atom stereocenters. The molecule has 2 atom stereocenters. The van der Waals surface area contributed by atoms with E-state index in [9.17, 15) is 4.79 Å².